The summed E-state index contributed by atoms with van der Waals surface area (Å²) < 4.78 is 2.36. The van der Waals surface area contributed by atoms with E-state index in [1.54, 1.807) is 23.5 Å². The van der Waals surface area contributed by atoms with Gasteiger partial charge >= 0.3 is 5.97 Å². The van der Waals surface area contributed by atoms with Crippen LogP contribution in [0, 0.1) is 0 Å². The average Bonchev–Trinajstić information content (AvgIpc) is 3.25. The second-order valence-electron chi connectivity index (χ2n) is 5.85. The van der Waals surface area contributed by atoms with Crippen LogP contribution in [0.4, 0.5) is 5.69 Å². The number of nitrogens with zero attached hydrogens (tertiary/aromatic N) is 3. The summed E-state index contributed by atoms with van der Waals surface area (Å²) in [4.78, 5) is 28.3. The number of thiazole rings is 1. The van der Waals surface area contributed by atoms with Gasteiger partial charge < -0.3 is 10.4 Å². The molecule has 0 saturated carbocycles. The van der Waals surface area contributed by atoms with Crippen LogP contribution < -0.4 is 5.32 Å². The maximum atomic E-state index is 12.4. The normalized spacial score (nSPS) is 10.9. The third-order valence-electron chi connectivity index (χ3n) is 4.07. The molecule has 8 heteroatoms. The highest BCUT2D eigenvalue weighted by atomic mass is 32.1. The molecule has 0 atom stereocenters. The fraction of sp³-hybridized carbons (Fsp3) is 0.0526. The van der Waals surface area contributed by atoms with E-state index in [4.69, 9.17) is 0 Å². The van der Waals surface area contributed by atoms with Gasteiger partial charge in [-0.2, -0.15) is 5.10 Å². The van der Waals surface area contributed by atoms with E-state index in [1.165, 1.54) is 11.7 Å². The molecule has 0 spiro atoms. The maximum Gasteiger partial charge on any atom is 0.339 e. The number of anilines is 1. The highest BCUT2D eigenvalue weighted by molar-refractivity contribution is 7.21. The number of hydrogen-bond donors (Lipinski definition) is 2. The molecule has 0 bridgehead atoms. The molecule has 0 radical (unpaired) electrons. The number of aromatic carboxylic acids is 1. The average molecular weight is 378 g/mol. The number of rotatable bonds is 4. The van der Waals surface area contributed by atoms with Crippen molar-refractivity contribution in [3.8, 4) is 10.6 Å². The summed E-state index contributed by atoms with van der Waals surface area (Å²) in [5.74, 6) is -1.72. The molecule has 27 heavy (non-hydrogen) atoms. The van der Waals surface area contributed by atoms with Gasteiger partial charge in [0.2, 0.25) is 0 Å². The number of carbonyl (C=O) groups is 2. The highest BCUT2D eigenvalue weighted by Gasteiger charge is 2.21. The maximum absolute atomic E-state index is 12.4. The number of carboxylic acid groups (broad SMARTS) is 1. The van der Waals surface area contributed by atoms with Gasteiger partial charge in [-0.25, -0.2) is 9.78 Å². The van der Waals surface area contributed by atoms with E-state index in [2.05, 4.69) is 15.4 Å². The Hall–Kier alpha value is -3.52. The van der Waals surface area contributed by atoms with E-state index < -0.39 is 11.9 Å². The molecule has 2 N–H and O–H groups in total. The summed E-state index contributed by atoms with van der Waals surface area (Å²) in [7, 11) is 1.53. The van der Waals surface area contributed by atoms with Crippen LogP contribution in [0.25, 0.3) is 20.8 Å². The zero-order valence-electron chi connectivity index (χ0n) is 14.2. The van der Waals surface area contributed by atoms with Crippen LogP contribution in [0.3, 0.4) is 0 Å². The lowest BCUT2D eigenvalue weighted by molar-refractivity contribution is 0.0692. The number of carboxylic acids is 1. The van der Waals surface area contributed by atoms with E-state index in [1.807, 2.05) is 36.4 Å². The number of carbonyl (C=O) groups excluding carboxylic acids is 1. The van der Waals surface area contributed by atoms with Crippen molar-refractivity contribution < 1.29 is 14.7 Å². The number of aryl methyl sites for hydroxylation is 1. The van der Waals surface area contributed by atoms with Crippen LogP contribution in [0.15, 0.2) is 54.7 Å². The van der Waals surface area contributed by atoms with E-state index >= 15 is 0 Å². The van der Waals surface area contributed by atoms with Crippen molar-refractivity contribution in [2.45, 2.75) is 0 Å². The smallest absolute Gasteiger partial charge is 0.339 e. The predicted molar refractivity (Wildman–Crippen MR) is 103 cm³/mol. The quantitative estimate of drug-likeness (QED) is 0.565. The Bertz CT molecular complexity index is 1130. The van der Waals surface area contributed by atoms with Crippen LogP contribution in [0.2, 0.25) is 0 Å². The number of benzene rings is 2. The van der Waals surface area contributed by atoms with Crippen LogP contribution in [-0.4, -0.2) is 31.7 Å². The van der Waals surface area contributed by atoms with Gasteiger partial charge in [-0.15, -0.1) is 11.3 Å². The molecule has 2 aromatic carbocycles. The summed E-state index contributed by atoms with van der Waals surface area (Å²) in [6.07, 6.45) is 1.16. The van der Waals surface area contributed by atoms with Gasteiger partial charge in [-0.05, 0) is 36.4 Å². The molecule has 1 amide bonds. The van der Waals surface area contributed by atoms with Gasteiger partial charge in [0.1, 0.15) is 16.3 Å². The van der Waals surface area contributed by atoms with E-state index in [9.17, 15) is 14.7 Å². The zero-order chi connectivity index (χ0) is 19.0. The lowest BCUT2D eigenvalue weighted by Crippen LogP contribution is -2.19. The van der Waals surface area contributed by atoms with Crippen LogP contribution >= 0.6 is 11.3 Å². The molecule has 0 aliphatic rings. The summed E-state index contributed by atoms with van der Waals surface area (Å²) in [5.41, 5.74) is 2.31. The van der Waals surface area contributed by atoms with Crippen molar-refractivity contribution in [1.29, 1.82) is 0 Å². The lowest BCUT2D eigenvalue weighted by atomic mass is 10.2. The van der Waals surface area contributed by atoms with Gasteiger partial charge in [0, 0.05) is 18.3 Å². The molecule has 4 aromatic rings. The van der Waals surface area contributed by atoms with Crippen molar-refractivity contribution in [2.75, 3.05) is 5.32 Å². The first-order chi connectivity index (χ1) is 13.0. The Morgan fingerprint density at radius 3 is 2.56 bits per heavy atom. The minimum Gasteiger partial charge on any atom is -0.478 e. The first-order valence-corrected chi connectivity index (χ1v) is 8.87. The zero-order valence-corrected chi connectivity index (χ0v) is 15.0. The van der Waals surface area contributed by atoms with Crippen molar-refractivity contribution >= 4 is 39.1 Å². The Kier molecular flexibility index (Phi) is 4.17. The van der Waals surface area contributed by atoms with Gasteiger partial charge in [0.25, 0.3) is 5.91 Å². The number of amides is 1. The number of hydrogen-bond acceptors (Lipinski definition) is 5. The number of nitrogens with one attached hydrogen (secondary N) is 1. The standard InChI is InChI=1S/C19H14N4O3S/c1-23-16(13(10-20-23)19(25)26)17(24)21-12-8-6-11(7-9-12)18-22-14-4-2-3-5-15(14)27-18/h2-10H,1H3,(H,21,24)(H,25,26). The molecular weight excluding hydrogens is 364 g/mol. The third kappa shape index (κ3) is 3.18. The monoisotopic (exact) mass is 378 g/mol. The molecular formula is C19H14N4O3S. The van der Waals surface area contributed by atoms with Gasteiger partial charge in [-0.1, -0.05) is 12.1 Å². The molecule has 7 nitrogen and oxygen atoms in total. The molecule has 134 valence electrons. The Morgan fingerprint density at radius 1 is 1.11 bits per heavy atom. The molecule has 0 saturated heterocycles. The summed E-state index contributed by atoms with van der Waals surface area (Å²) in [5, 5.41) is 16.6. The number of aromatic nitrogens is 3. The first kappa shape index (κ1) is 16.9. The van der Waals surface area contributed by atoms with E-state index in [0.717, 1.165) is 27.0 Å². The fourth-order valence-electron chi connectivity index (χ4n) is 2.75. The Balaban J connectivity index is 1.57. The van der Waals surface area contributed by atoms with Crippen LogP contribution in [0.5, 0.6) is 0 Å². The van der Waals surface area contributed by atoms with Crippen LogP contribution in [-0.2, 0) is 7.05 Å². The molecule has 0 aliphatic heterocycles. The van der Waals surface area contributed by atoms with Gasteiger partial charge in [-0.3, -0.25) is 9.48 Å². The van der Waals surface area contributed by atoms with Crippen molar-refractivity contribution in [2.24, 2.45) is 7.05 Å². The van der Waals surface area contributed by atoms with Crippen molar-refractivity contribution in [3.05, 3.63) is 66.0 Å². The number of para-hydroxylation sites is 1. The van der Waals surface area contributed by atoms with Crippen molar-refractivity contribution in [3.63, 3.8) is 0 Å². The molecule has 4 rings (SSSR count). The topological polar surface area (TPSA) is 97.1 Å². The summed E-state index contributed by atoms with van der Waals surface area (Å²) >= 11 is 1.60. The first-order valence-electron chi connectivity index (χ1n) is 8.05. The highest BCUT2D eigenvalue weighted by Crippen LogP contribution is 2.30. The van der Waals surface area contributed by atoms with Crippen LogP contribution in [0.1, 0.15) is 20.8 Å². The second kappa shape index (κ2) is 6.65. The lowest BCUT2D eigenvalue weighted by Gasteiger charge is -2.07. The molecule has 2 heterocycles. The SMILES string of the molecule is Cn1ncc(C(=O)O)c1C(=O)Nc1ccc(-c2nc3ccccc3s2)cc1. The Morgan fingerprint density at radius 2 is 1.85 bits per heavy atom. The molecule has 0 aliphatic carbocycles. The molecule has 2 aromatic heterocycles. The minimum atomic E-state index is -1.19. The van der Waals surface area contributed by atoms with Crippen molar-refractivity contribution in [1.82, 2.24) is 14.8 Å². The molecule has 0 unspecified atom stereocenters. The van der Waals surface area contributed by atoms with E-state index in [0.29, 0.717) is 5.69 Å². The van der Waals surface area contributed by atoms with E-state index in [-0.39, 0.29) is 11.3 Å². The predicted octanol–water partition coefficient (Wildman–Crippen LogP) is 3.65. The molecule has 0 fully saturated rings. The van der Waals surface area contributed by atoms with Gasteiger partial charge in [0.05, 0.1) is 16.4 Å². The second-order valence-corrected chi connectivity index (χ2v) is 6.88. The number of fused-ring (bicyclic) bond motifs is 1. The summed E-state index contributed by atoms with van der Waals surface area (Å²) in [6, 6.07) is 15.2. The third-order valence-corrected chi connectivity index (χ3v) is 5.15. The Labute approximate surface area is 157 Å². The fourth-order valence-corrected chi connectivity index (χ4v) is 3.72. The summed E-state index contributed by atoms with van der Waals surface area (Å²) in [6.45, 7) is 0. The van der Waals surface area contributed by atoms with Gasteiger partial charge in [0.15, 0.2) is 0 Å². The largest absolute Gasteiger partial charge is 0.478 e. The minimum absolute atomic E-state index is 0.00208.